The molecular formula is C13H15NO7. The topological polar surface area (TPSA) is 122 Å². The standard InChI is InChI=1S/C13H15NO7/c1-20-9-4-2-3-5-10(9)21-7-11(15)14-8(13(18)19)6-12(16)17/h2-5,8H,6-7H2,1H3,(H,14,15)(H,16,17)(H,18,19)/t8-/m1/s1. The van der Waals surface area contributed by atoms with Crippen molar-refractivity contribution in [3.63, 3.8) is 0 Å². The van der Waals surface area contributed by atoms with Crippen molar-refractivity contribution in [2.75, 3.05) is 13.7 Å². The van der Waals surface area contributed by atoms with Crippen LogP contribution in [-0.2, 0) is 14.4 Å². The number of hydrogen-bond acceptors (Lipinski definition) is 5. The lowest BCUT2D eigenvalue weighted by Crippen LogP contribution is -2.44. The van der Waals surface area contributed by atoms with E-state index >= 15 is 0 Å². The first kappa shape index (κ1) is 16.3. The summed E-state index contributed by atoms with van der Waals surface area (Å²) >= 11 is 0. The summed E-state index contributed by atoms with van der Waals surface area (Å²) < 4.78 is 10.2. The molecule has 1 aromatic rings. The highest BCUT2D eigenvalue weighted by molar-refractivity contribution is 5.87. The van der Waals surface area contributed by atoms with Crippen molar-refractivity contribution in [2.45, 2.75) is 12.5 Å². The van der Waals surface area contributed by atoms with E-state index in [4.69, 9.17) is 19.7 Å². The molecule has 8 heteroatoms. The minimum atomic E-state index is -1.50. The number of hydrogen-bond donors (Lipinski definition) is 3. The third kappa shape index (κ3) is 5.39. The minimum absolute atomic E-state index is 0.320. The van der Waals surface area contributed by atoms with E-state index in [0.29, 0.717) is 11.5 Å². The Bertz CT molecular complexity index is 529. The largest absolute Gasteiger partial charge is 0.493 e. The molecule has 0 unspecified atom stereocenters. The highest BCUT2D eigenvalue weighted by Gasteiger charge is 2.23. The van der Waals surface area contributed by atoms with Crippen LogP contribution in [0.3, 0.4) is 0 Å². The Labute approximate surface area is 120 Å². The van der Waals surface area contributed by atoms with Gasteiger partial charge in [-0.1, -0.05) is 12.1 Å². The summed E-state index contributed by atoms with van der Waals surface area (Å²) in [4.78, 5) is 32.9. The number of para-hydroxylation sites is 2. The first-order valence-corrected chi connectivity index (χ1v) is 5.93. The van der Waals surface area contributed by atoms with E-state index in [9.17, 15) is 14.4 Å². The fraction of sp³-hybridized carbons (Fsp3) is 0.308. The summed E-state index contributed by atoms with van der Waals surface area (Å²) in [6.45, 7) is -0.455. The van der Waals surface area contributed by atoms with Crippen molar-refractivity contribution < 1.29 is 34.1 Å². The third-order valence-corrected chi connectivity index (χ3v) is 2.44. The van der Waals surface area contributed by atoms with Crippen molar-refractivity contribution >= 4 is 17.8 Å². The third-order valence-electron chi connectivity index (χ3n) is 2.44. The van der Waals surface area contributed by atoms with Crippen LogP contribution in [-0.4, -0.2) is 47.8 Å². The van der Waals surface area contributed by atoms with Crippen molar-refractivity contribution in [3.05, 3.63) is 24.3 Å². The second-order valence-electron chi connectivity index (χ2n) is 4.00. The molecule has 114 valence electrons. The van der Waals surface area contributed by atoms with E-state index in [1.165, 1.54) is 7.11 Å². The first-order valence-electron chi connectivity index (χ1n) is 5.93. The molecule has 0 saturated heterocycles. The summed E-state index contributed by atoms with van der Waals surface area (Å²) in [5.74, 6) is -2.75. The number of carboxylic acid groups (broad SMARTS) is 2. The lowest BCUT2D eigenvalue weighted by atomic mass is 10.2. The van der Waals surface area contributed by atoms with Crippen LogP contribution in [0.25, 0.3) is 0 Å². The Kier molecular flexibility index (Phi) is 5.99. The molecule has 0 fully saturated rings. The van der Waals surface area contributed by atoms with E-state index in [2.05, 4.69) is 5.32 Å². The number of carbonyl (C=O) groups is 3. The number of amides is 1. The zero-order valence-electron chi connectivity index (χ0n) is 11.2. The summed E-state index contributed by atoms with van der Waals surface area (Å²) in [5.41, 5.74) is 0. The Morgan fingerprint density at radius 2 is 1.81 bits per heavy atom. The van der Waals surface area contributed by atoms with Gasteiger partial charge in [-0.15, -0.1) is 0 Å². The molecule has 0 aliphatic rings. The fourth-order valence-corrected chi connectivity index (χ4v) is 1.49. The number of rotatable bonds is 8. The SMILES string of the molecule is COc1ccccc1OCC(=O)N[C@H](CC(=O)O)C(=O)O. The first-order chi connectivity index (χ1) is 9.93. The average Bonchev–Trinajstić information content (AvgIpc) is 2.44. The molecule has 0 spiro atoms. The number of nitrogens with one attached hydrogen (secondary N) is 1. The number of benzene rings is 1. The Morgan fingerprint density at radius 1 is 1.19 bits per heavy atom. The van der Waals surface area contributed by atoms with Crippen LogP contribution >= 0.6 is 0 Å². The summed E-state index contributed by atoms with van der Waals surface area (Å²) in [6.07, 6.45) is -0.713. The second kappa shape index (κ2) is 7.73. The normalized spacial score (nSPS) is 11.3. The molecule has 0 radical (unpaired) electrons. The van der Waals surface area contributed by atoms with Crippen LogP contribution in [0.15, 0.2) is 24.3 Å². The van der Waals surface area contributed by atoms with Gasteiger partial charge in [0.15, 0.2) is 18.1 Å². The number of methoxy groups -OCH3 is 1. The van der Waals surface area contributed by atoms with Crippen LogP contribution in [0.5, 0.6) is 11.5 Å². The molecule has 1 amide bonds. The quantitative estimate of drug-likeness (QED) is 0.622. The Morgan fingerprint density at radius 3 is 2.33 bits per heavy atom. The van der Waals surface area contributed by atoms with Gasteiger partial charge in [-0.25, -0.2) is 4.79 Å². The van der Waals surface area contributed by atoms with Crippen molar-refractivity contribution in [3.8, 4) is 11.5 Å². The highest BCUT2D eigenvalue weighted by Crippen LogP contribution is 2.25. The van der Waals surface area contributed by atoms with Crippen molar-refractivity contribution in [2.24, 2.45) is 0 Å². The molecule has 0 aliphatic heterocycles. The van der Waals surface area contributed by atoms with Gasteiger partial charge in [0.05, 0.1) is 13.5 Å². The van der Waals surface area contributed by atoms with Crippen LogP contribution in [0.4, 0.5) is 0 Å². The number of aliphatic carboxylic acids is 2. The van der Waals surface area contributed by atoms with Crippen LogP contribution in [0, 0.1) is 0 Å². The summed E-state index contributed by atoms with van der Waals surface area (Å²) in [7, 11) is 1.44. The maximum absolute atomic E-state index is 11.6. The molecule has 8 nitrogen and oxygen atoms in total. The predicted octanol–water partition coefficient (Wildman–Crippen LogP) is 0.118. The number of carboxylic acids is 2. The highest BCUT2D eigenvalue weighted by atomic mass is 16.5. The van der Waals surface area contributed by atoms with Crippen LogP contribution < -0.4 is 14.8 Å². The Hall–Kier alpha value is -2.77. The van der Waals surface area contributed by atoms with Gasteiger partial charge in [0, 0.05) is 0 Å². The molecule has 21 heavy (non-hydrogen) atoms. The van der Waals surface area contributed by atoms with Gasteiger partial charge >= 0.3 is 11.9 Å². The minimum Gasteiger partial charge on any atom is -0.493 e. The maximum Gasteiger partial charge on any atom is 0.326 e. The van der Waals surface area contributed by atoms with Crippen molar-refractivity contribution in [1.29, 1.82) is 0 Å². The molecule has 0 aliphatic carbocycles. The molecule has 0 saturated carbocycles. The lowest BCUT2D eigenvalue weighted by molar-refractivity contribution is -0.147. The second-order valence-corrected chi connectivity index (χ2v) is 4.00. The number of ether oxygens (including phenoxy) is 2. The zero-order valence-corrected chi connectivity index (χ0v) is 11.2. The molecular weight excluding hydrogens is 282 g/mol. The summed E-state index contributed by atoms with van der Waals surface area (Å²) in [6, 6.07) is 5.12. The Balaban J connectivity index is 2.56. The fourth-order valence-electron chi connectivity index (χ4n) is 1.49. The molecule has 3 N–H and O–H groups in total. The van der Waals surface area contributed by atoms with E-state index in [1.807, 2.05) is 0 Å². The number of carbonyl (C=O) groups excluding carboxylic acids is 1. The van der Waals surface area contributed by atoms with Crippen LogP contribution in [0.1, 0.15) is 6.42 Å². The van der Waals surface area contributed by atoms with E-state index in [0.717, 1.165) is 0 Å². The molecule has 1 aromatic carbocycles. The van der Waals surface area contributed by atoms with Gasteiger partial charge in [0.2, 0.25) is 0 Å². The molecule has 0 heterocycles. The zero-order chi connectivity index (χ0) is 15.8. The molecule has 1 rings (SSSR count). The van der Waals surface area contributed by atoms with Gasteiger partial charge in [-0.2, -0.15) is 0 Å². The average molecular weight is 297 g/mol. The van der Waals surface area contributed by atoms with Gasteiger partial charge in [0.1, 0.15) is 6.04 Å². The van der Waals surface area contributed by atoms with E-state index in [-0.39, 0.29) is 0 Å². The lowest BCUT2D eigenvalue weighted by Gasteiger charge is -2.13. The molecule has 0 aromatic heterocycles. The van der Waals surface area contributed by atoms with Crippen molar-refractivity contribution in [1.82, 2.24) is 5.32 Å². The summed E-state index contributed by atoms with van der Waals surface area (Å²) in [5, 5.41) is 19.4. The maximum atomic E-state index is 11.6. The predicted molar refractivity (Wildman–Crippen MR) is 70.3 cm³/mol. The van der Waals surface area contributed by atoms with E-state index < -0.39 is 36.9 Å². The van der Waals surface area contributed by atoms with Crippen LogP contribution in [0.2, 0.25) is 0 Å². The van der Waals surface area contributed by atoms with Gasteiger partial charge in [0.25, 0.3) is 5.91 Å². The smallest absolute Gasteiger partial charge is 0.326 e. The van der Waals surface area contributed by atoms with Gasteiger partial charge < -0.3 is 25.0 Å². The van der Waals surface area contributed by atoms with Gasteiger partial charge in [-0.05, 0) is 12.1 Å². The van der Waals surface area contributed by atoms with Gasteiger partial charge in [-0.3, -0.25) is 9.59 Å². The monoisotopic (exact) mass is 297 g/mol. The van der Waals surface area contributed by atoms with E-state index in [1.54, 1.807) is 24.3 Å². The molecule has 1 atom stereocenters. The molecule has 0 bridgehead atoms.